The summed E-state index contributed by atoms with van der Waals surface area (Å²) in [7, 11) is 4.06. The van der Waals surface area contributed by atoms with Gasteiger partial charge in [0, 0.05) is 36.1 Å². The fourth-order valence-electron chi connectivity index (χ4n) is 4.55. The van der Waals surface area contributed by atoms with Crippen LogP contribution in [0.15, 0.2) is 90.3 Å². The minimum absolute atomic E-state index is 0.0625. The van der Waals surface area contributed by atoms with E-state index in [0.717, 1.165) is 40.8 Å². The van der Waals surface area contributed by atoms with Gasteiger partial charge in [0.25, 0.3) is 11.5 Å². The van der Waals surface area contributed by atoms with Crippen molar-refractivity contribution in [3.05, 3.63) is 130 Å². The van der Waals surface area contributed by atoms with Gasteiger partial charge in [0.05, 0.1) is 18.4 Å². The highest BCUT2D eigenvalue weighted by atomic mass is 19.2. The van der Waals surface area contributed by atoms with E-state index in [-0.39, 0.29) is 12.1 Å². The molecule has 0 aliphatic carbocycles. The molecule has 0 saturated carbocycles. The zero-order chi connectivity index (χ0) is 31.2. The van der Waals surface area contributed by atoms with Gasteiger partial charge in [-0.2, -0.15) is 0 Å². The molecule has 0 aliphatic heterocycles. The third kappa shape index (κ3) is 7.56. The van der Waals surface area contributed by atoms with Gasteiger partial charge in [-0.05, 0) is 74.1 Å². The molecule has 1 amide bonds. The highest BCUT2D eigenvalue weighted by Crippen LogP contribution is 2.19. The predicted octanol–water partition coefficient (Wildman–Crippen LogP) is 5.15. The van der Waals surface area contributed by atoms with Gasteiger partial charge < -0.3 is 15.5 Å². The van der Waals surface area contributed by atoms with E-state index >= 15 is 0 Å². The van der Waals surface area contributed by atoms with Crippen LogP contribution in [0.2, 0.25) is 0 Å². The van der Waals surface area contributed by atoms with Crippen molar-refractivity contribution in [3.63, 3.8) is 0 Å². The van der Waals surface area contributed by atoms with E-state index in [1.54, 1.807) is 19.2 Å². The molecule has 1 atom stereocenters. The summed E-state index contributed by atoms with van der Waals surface area (Å²) >= 11 is 0. The Hall–Kier alpha value is -5.29. The highest BCUT2D eigenvalue weighted by molar-refractivity contribution is 5.93. The second-order valence-electron chi connectivity index (χ2n) is 10.7. The van der Waals surface area contributed by atoms with Crippen LogP contribution in [0.3, 0.4) is 0 Å². The first-order valence-corrected chi connectivity index (χ1v) is 13.9. The quantitative estimate of drug-likeness (QED) is 0.230. The van der Waals surface area contributed by atoms with Crippen LogP contribution in [0.1, 0.15) is 34.0 Å². The lowest BCUT2D eigenvalue weighted by molar-refractivity contribution is 0.0944. The summed E-state index contributed by atoms with van der Waals surface area (Å²) in [6, 6.07) is 16.8. The van der Waals surface area contributed by atoms with Gasteiger partial charge in [-0.1, -0.05) is 36.4 Å². The lowest BCUT2D eigenvalue weighted by Gasteiger charge is -2.11. The summed E-state index contributed by atoms with van der Waals surface area (Å²) < 4.78 is 28.0. The van der Waals surface area contributed by atoms with Crippen molar-refractivity contribution in [2.24, 2.45) is 0 Å². The Kier molecular flexibility index (Phi) is 9.15. The summed E-state index contributed by atoms with van der Waals surface area (Å²) in [6.45, 7) is 2.58. The van der Waals surface area contributed by atoms with Crippen LogP contribution < -0.4 is 16.2 Å². The van der Waals surface area contributed by atoms with Crippen LogP contribution in [0.5, 0.6) is 0 Å². The number of rotatable bonds is 10. The number of amides is 1. The molecule has 0 saturated heterocycles. The molecule has 0 spiro atoms. The first kappa shape index (κ1) is 30.2. The molecule has 2 heterocycles. The average molecular weight is 596 g/mol. The van der Waals surface area contributed by atoms with Crippen molar-refractivity contribution >= 4 is 34.5 Å². The van der Waals surface area contributed by atoms with E-state index in [1.165, 1.54) is 28.7 Å². The second kappa shape index (κ2) is 13.3. The zero-order valence-corrected chi connectivity index (χ0v) is 24.5. The lowest BCUT2D eigenvalue weighted by atomic mass is 10.1. The molecule has 0 aliphatic rings. The number of nitrogens with zero attached hydrogens (tertiary/aromatic N) is 5. The third-order valence-corrected chi connectivity index (χ3v) is 6.73. The van der Waals surface area contributed by atoms with Crippen LogP contribution in [0.25, 0.3) is 17.0 Å². The zero-order valence-electron chi connectivity index (χ0n) is 24.5. The molecule has 224 valence electrons. The number of hydrogen-bond donors (Lipinski definition) is 2. The van der Waals surface area contributed by atoms with Gasteiger partial charge in [-0.15, -0.1) is 0 Å². The predicted molar refractivity (Wildman–Crippen MR) is 167 cm³/mol. The summed E-state index contributed by atoms with van der Waals surface area (Å²) in [5, 5.41) is 6.87. The molecule has 5 aromatic rings. The van der Waals surface area contributed by atoms with Crippen molar-refractivity contribution in [2.45, 2.75) is 26.1 Å². The lowest BCUT2D eigenvalue weighted by Crippen LogP contribution is -2.37. The first-order chi connectivity index (χ1) is 21.1. The molecule has 1 unspecified atom stereocenters. The fraction of sp³-hybridized carbons (Fsp3) is 0.182. The number of nitrogens with one attached hydrogen (secondary N) is 2. The van der Waals surface area contributed by atoms with E-state index in [1.807, 2.05) is 50.5 Å². The van der Waals surface area contributed by atoms with Gasteiger partial charge in [0.1, 0.15) is 5.56 Å². The van der Waals surface area contributed by atoms with E-state index in [2.05, 4.69) is 42.6 Å². The number of benzene rings is 3. The maximum absolute atomic E-state index is 13.6. The molecule has 5 rings (SSSR count). The molecule has 0 fully saturated rings. The Labute approximate surface area is 252 Å². The van der Waals surface area contributed by atoms with Crippen LogP contribution in [-0.4, -0.2) is 50.5 Å². The van der Waals surface area contributed by atoms with Gasteiger partial charge in [-0.25, -0.2) is 23.7 Å². The SMILES string of the molecule is CC(C=Cc1ccc2nc(Nc3ccc(CN(C)C)cc3)ncc2c1)NC(=O)c1cncn(Cc2ccc(F)c(F)c2)c1=O. The summed E-state index contributed by atoms with van der Waals surface area (Å²) in [4.78, 5) is 40.9. The molecule has 9 nitrogen and oxygen atoms in total. The molecule has 3 aromatic carbocycles. The standard InChI is InChI=1S/C33H31F2N7O2/c1-21(38-31(43)27-17-36-20-42(32(27)44)19-24-8-12-28(34)29(35)15-24)4-5-22-9-13-30-25(14-22)16-37-33(40-30)39-26-10-6-23(7-11-26)18-41(2)3/h4-17,20-21H,18-19H2,1-3H3,(H,38,43)(H,37,39,40). The second-order valence-corrected chi connectivity index (χ2v) is 10.7. The van der Waals surface area contributed by atoms with Gasteiger partial charge in [0.15, 0.2) is 11.6 Å². The number of aromatic nitrogens is 4. The smallest absolute Gasteiger partial charge is 0.266 e. The Morgan fingerprint density at radius 1 is 1.00 bits per heavy atom. The molecule has 2 aromatic heterocycles. The molecule has 0 radical (unpaired) electrons. The first-order valence-electron chi connectivity index (χ1n) is 13.9. The number of halogens is 2. The summed E-state index contributed by atoms with van der Waals surface area (Å²) in [5.41, 5.74) is 3.38. The van der Waals surface area contributed by atoms with E-state index in [0.29, 0.717) is 11.5 Å². The number of anilines is 2. The van der Waals surface area contributed by atoms with E-state index in [4.69, 9.17) is 0 Å². The van der Waals surface area contributed by atoms with Crippen molar-refractivity contribution in [3.8, 4) is 0 Å². The Morgan fingerprint density at radius 2 is 1.77 bits per heavy atom. The molecule has 44 heavy (non-hydrogen) atoms. The molecule has 2 N–H and O–H groups in total. The number of fused-ring (bicyclic) bond motifs is 1. The Bertz CT molecular complexity index is 1890. The number of hydrogen-bond acceptors (Lipinski definition) is 7. The molecule has 0 bridgehead atoms. The number of carbonyl (C=O) groups excluding carboxylic acids is 1. The maximum Gasteiger partial charge on any atom is 0.266 e. The van der Waals surface area contributed by atoms with Crippen molar-refractivity contribution < 1.29 is 13.6 Å². The minimum atomic E-state index is -1.02. The van der Waals surface area contributed by atoms with Gasteiger partial charge in [-0.3, -0.25) is 14.2 Å². The number of carbonyl (C=O) groups is 1. The maximum atomic E-state index is 13.6. The van der Waals surface area contributed by atoms with Crippen molar-refractivity contribution in [1.29, 1.82) is 0 Å². The highest BCUT2D eigenvalue weighted by Gasteiger charge is 2.15. The van der Waals surface area contributed by atoms with Crippen molar-refractivity contribution in [2.75, 3.05) is 19.4 Å². The van der Waals surface area contributed by atoms with Crippen LogP contribution in [-0.2, 0) is 13.1 Å². The normalized spacial score (nSPS) is 12.1. The average Bonchev–Trinajstić information content (AvgIpc) is 2.99. The monoisotopic (exact) mass is 595 g/mol. The third-order valence-electron chi connectivity index (χ3n) is 6.73. The van der Waals surface area contributed by atoms with Gasteiger partial charge in [0.2, 0.25) is 5.95 Å². The Balaban J connectivity index is 1.21. The largest absolute Gasteiger partial charge is 0.346 e. The molecule has 11 heteroatoms. The summed E-state index contributed by atoms with van der Waals surface area (Å²) in [6.07, 6.45) is 7.84. The van der Waals surface area contributed by atoms with Crippen LogP contribution >= 0.6 is 0 Å². The van der Waals surface area contributed by atoms with E-state index in [9.17, 15) is 18.4 Å². The summed E-state index contributed by atoms with van der Waals surface area (Å²) in [5.74, 6) is -2.10. The molecular weight excluding hydrogens is 564 g/mol. The fourth-order valence-corrected chi connectivity index (χ4v) is 4.55. The van der Waals surface area contributed by atoms with Crippen LogP contribution in [0.4, 0.5) is 20.4 Å². The topological polar surface area (TPSA) is 105 Å². The minimum Gasteiger partial charge on any atom is -0.346 e. The van der Waals surface area contributed by atoms with E-state index < -0.39 is 29.1 Å². The van der Waals surface area contributed by atoms with Gasteiger partial charge >= 0.3 is 0 Å². The molecular formula is C33H31F2N7O2. The van der Waals surface area contributed by atoms with Crippen LogP contribution in [0, 0.1) is 11.6 Å². The Morgan fingerprint density at radius 3 is 2.52 bits per heavy atom. The van der Waals surface area contributed by atoms with Crippen molar-refractivity contribution in [1.82, 2.24) is 29.7 Å².